The van der Waals surface area contributed by atoms with Gasteiger partial charge in [-0.1, -0.05) is 18.2 Å². The van der Waals surface area contributed by atoms with Crippen LogP contribution in [0.1, 0.15) is 30.4 Å². The maximum absolute atomic E-state index is 5.41. The molecule has 1 saturated heterocycles. The van der Waals surface area contributed by atoms with Gasteiger partial charge in [0.05, 0.1) is 21.3 Å². The van der Waals surface area contributed by atoms with E-state index < -0.39 is 0 Å². The van der Waals surface area contributed by atoms with Gasteiger partial charge in [-0.3, -0.25) is 0 Å². The first-order chi connectivity index (χ1) is 12.7. The standard InChI is InChI=1S/C22H29NO3/c1-24-20-11-5-16(6-12-20)4-8-18-9-10-19(23-18)14-17-7-13-21(25-2)22(15-17)26-3/h5-7,11-13,15,18-19,23H,4,8-10,14H2,1-3H3/t18-,19-/m1/s1. The highest BCUT2D eigenvalue weighted by atomic mass is 16.5. The molecule has 1 aliphatic heterocycles. The van der Waals surface area contributed by atoms with Crippen LogP contribution in [0, 0.1) is 0 Å². The van der Waals surface area contributed by atoms with Crippen molar-refractivity contribution in [1.82, 2.24) is 5.32 Å². The lowest BCUT2D eigenvalue weighted by Gasteiger charge is -2.16. The van der Waals surface area contributed by atoms with Crippen molar-refractivity contribution < 1.29 is 14.2 Å². The Labute approximate surface area is 156 Å². The highest BCUT2D eigenvalue weighted by molar-refractivity contribution is 5.43. The third-order valence-electron chi connectivity index (χ3n) is 5.21. The topological polar surface area (TPSA) is 39.7 Å². The molecule has 0 bridgehead atoms. The molecule has 2 atom stereocenters. The van der Waals surface area contributed by atoms with Crippen molar-refractivity contribution >= 4 is 0 Å². The zero-order valence-corrected chi connectivity index (χ0v) is 16.0. The SMILES string of the molecule is COc1ccc(CC[C@@H]2CC[C@H](Cc3ccc(OC)c(OC)c3)N2)cc1. The largest absolute Gasteiger partial charge is 0.497 e. The van der Waals surface area contributed by atoms with Crippen LogP contribution in [0.3, 0.4) is 0 Å². The molecule has 1 aliphatic rings. The van der Waals surface area contributed by atoms with Gasteiger partial charge in [-0.2, -0.15) is 0 Å². The maximum atomic E-state index is 5.41. The van der Waals surface area contributed by atoms with Crippen LogP contribution in [0.5, 0.6) is 17.2 Å². The third-order valence-corrected chi connectivity index (χ3v) is 5.21. The van der Waals surface area contributed by atoms with Crippen LogP contribution in [0.4, 0.5) is 0 Å². The van der Waals surface area contributed by atoms with Crippen molar-refractivity contribution in [3.63, 3.8) is 0 Å². The number of benzene rings is 2. The second kappa shape index (κ2) is 8.95. The average molecular weight is 355 g/mol. The van der Waals surface area contributed by atoms with Crippen LogP contribution in [0.15, 0.2) is 42.5 Å². The van der Waals surface area contributed by atoms with Gasteiger partial charge in [-0.05, 0) is 67.5 Å². The molecule has 0 spiro atoms. The molecular weight excluding hydrogens is 326 g/mol. The number of aryl methyl sites for hydroxylation is 1. The van der Waals surface area contributed by atoms with Crippen molar-refractivity contribution in [2.75, 3.05) is 21.3 Å². The highest BCUT2D eigenvalue weighted by Crippen LogP contribution is 2.29. The van der Waals surface area contributed by atoms with Gasteiger partial charge in [0.15, 0.2) is 11.5 Å². The summed E-state index contributed by atoms with van der Waals surface area (Å²) in [7, 11) is 5.06. The monoisotopic (exact) mass is 355 g/mol. The summed E-state index contributed by atoms with van der Waals surface area (Å²) in [5, 5.41) is 3.80. The smallest absolute Gasteiger partial charge is 0.160 e. The van der Waals surface area contributed by atoms with Crippen LogP contribution in [0.2, 0.25) is 0 Å². The van der Waals surface area contributed by atoms with E-state index in [-0.39, 0.29) is 0 Å². The summed E-state index contributed by atoms with van der Waals surface area (Å²) in [6.07, 6.45) is 5.77. The Morgan fingerprint density at radius 2 is 1.50 bits per heavy atom. The van der Waals surface area contributed by atoms with E-state index in [0.717, 1.165) is 30.1 Å². The van der Waals surface area contributed by atoms with Gasteiger partial charge in [0, 0.05) is 12.1 Å². The fraction of sp³-hybridized carbons (Fsp3) is 0.455. The molecule has 0 aliphatic carbocycles. The number of ether oxygens (including phenoxy) is 3. The van der Waals surface area contributed by atoms with Crippen molar-refractivity contribution in [3.8, 4) is 17.2 Å². The lowest BCUT2D eigenvalue weighted by atomic mass is 10.0. The Kier molecular flexibility index (Phi) is 6.40. The molecule has 4 heteroatoms. The van der Waals surface area contributed by atoms with Crippen molar-refractivity contribution in [3.05, 3.63) is 53.6 Å². The Morgan fingerprint density at radius 3 is 2.19 bits per heavy atom. The predicted octanol–water partition coefficient (Wildman–Crippen LogP) is 4.01. The van der Waals surface area contributed by atoms with Gasteiger partial charge in [0.1, 0.15) is 5.75 Å². The van der Waals surface area contributed by atoms with Crippen LogP contribution in [-0.4, -0.2) is 33.4 Å². The Balaban J connectivity index is 1.49. The predicted molar refractivity (Wildman–Crippen MR) is 105 cm³/mol. The number of hydrogen-bond acceptors (Lipinski definition) is 4. The molecule has 0 unspecified atom stereocenters. The summed E-state index contributed by atoms with van der Waals surface area (Å²) in [4.78, 5) is 0. The summed E-state index contributed by atoms with van der Waals surface area (Å²) in [5.41, 5.74) is 2.66. The number of nitrogens with one attached hydrogen (secondary N) is 1. The normalized spacial score (nSPS) is 19.3. The second-order valence-electron chi connectivity index (χ2n) is 6.92. The van der Waals surface area contributed by atoms with Crippen molar-refractivity contribution in [2.45, 2.75) is 44.2 Å². The van der Waals surface area contributed by atoms with E-state index in [2.05, 4.69) is 29.6 Å². The van der Waals surface area contributed by atoms with Crippen LogP contribution >= 0.6 is 0 Å². The van der Waals surface area contributed by atoms with E-state index in [4.69, 9.17) is 14.2 Å². The zero-order valence-electron chi connectivity index (χ0n) is 16.0. The van der Waals surface area contributed by atoms with E-state index >= 15 is 0 Å². The Bertz CT molecular complexity index is 699. The van der Waals surface area contributed by atoms with Crippen molar-refractivity contribution in [2.24, 2.45) is 0 Å². The first-order valence-electron chi connectivity index (χ1n) is 9.31. The summed E-state index contributed by atoms with van der Waals surface area (Å²) in [6.45, 7) is 0. The molecule has 0 saturated carbocycles. The minimum absolute atomic E-state index is 0.536. The summed E-state index contributed by atoms with van der Waals surface area (Å²) < 4.78 is 16.0. The number of methoxy groups -OCH3 is 3. The van der Waals surface area contributed by atoms with Crippen LogP contribution < -0.4 is 19.5 Å². The quantitative estimate of drug-likeness (QED) is 0.777. The molecule has 2 aromatic carbocycles. The van der Waals surface area contributed by atoms with Gasteiger partial charge in [-0.15, -0.1) is 0 Å². The third kappa shape index (κ3) is 4.70. The average Bonchev–Trinajstić information content (AvgIpc) is 3.14. The first kappa shape index (κ1) is 18.6. The van der Waals surface area contributed by atoms with E-state index in [1.165, 1.54) is 30.4 Å². The van der Waals surface area contributed by atoms with Gasteiger partial charge < -0.3 is 19.5 Å². The molecule has 140 valence electrons. The van der Waals surface area contributed by atoms with Crippen molar-refractivity contribution in [1.29, 1.82) is 0 Å². The fourth-order valence-corrected chi connectivity index (χ4v) is 3.72. The Hall–Kier alpha value is -2.20. The Morgan fingerprint density at radius 1 is 0.808 bits per heavy atom. The summed E-state index contributed by atoms with van der Waals surface area (Å²) in [5.74, 6) is 2.51. The van der Waals surface area contributed by atoms with Gasteiger partial charge >= 0.3 is 0 Å². The molecule has 4 nitrogen and oxygen atoms in total. The van der Waals surface area contributed by atoms with E-state index in [1.807, 2.05) is 18.2 Å². The molecule has 1 heterocycles. The lowest BCUT2D eigenvalue weighted by molar-refractivity contribution is 0.354. The molecule has 0 amide bonds. The van der Waals surface area contributed by atoms with Gasteiger partial charge in [0.2, 0.25) is 0 Å². The van der Waals surface area contributed by atoms with E-state index in [1.54, 1.807) is 21.3 Å². The summed E-state index contributed by atoms with van der Waals surface area (Å²) >= 11 is 0. The molecule has 26 heavy (non-hydrogen) atoms. The molecule has 0 aromatic heterocycles. The second-order valence-corrected chi connectivity index (χ2v) is 6.92. The molecule has 1 fully saturated rings. The fourth-order valence-electron chi connectivity index (χ4n) is 3.72. The highest BCUT2D eigenvalue weighted by Gasteiger charge is 2.23. The maximum Gasteiger partial charge on any atom is 0.160 e. The van der Waals surface area contributed by atoms with Gasteiger partial charge in [0.25, 0.3) is 0 Å². The lowest BCUT2D eigenvalue weighted by Crippen LogP contribution is -2.31. The minimum Gasteiger partial charge on any atom is -0.497 e. The number of rotatable bonds is 8. The molecule has 0 radical (unpaired) electrons. The van der Waals surface area contributed by atoms with E-state index in [9.17, 15) is 0 Å². The first-order valence-corrected chi connectivity index (χ1v) is 9.31. The molecular formula is C22H29NO3. The molecule has 2 aromatic rings. The van der Waals surface area contributed by atoms with Crippen LogP contribution in [-0.2, 0) is 12.8 Å². The van der Waals surface area contributed by atoms with Gasteiger partial charge in [-0.25, -0.2) is 0 Å². The van der Waals surface area contributed by atoms with Crippen LogP contribution in [0.25, 0.3) is 0 Å². The van der Waals surface area contributed by atoms with E-state index in [0.29, 0.717) is 12.1 Å². The number of hydrogen-bond donors (Lipinski definition) is 1. The zero-order chi connectivity index (χ0) is 18.4. The molecule has 1 N–H and O–H groups in total. The minimum atomic E-state index is 0.536. The molecule has 3 rings (SSSR count). The summed E-state index contributed by atoms with van der Waals surface area (Å²) in [6, 6.07) is 15.7.